The molecule has 0 aliphatic carbocycles. The van der Waals surface area contributed by atoms with E-state index in [1.54, 1.807) is 0 Å². The first kappa shape index (κ1) is 66.1. The predicted molar refractivity (Wildman–Crippen MR) is 260 cm³/mol. The number of likely N-dealkylation sites (N-methyl/N-ethyl adjacent to an activating group) is 1. The summed E-state index contributed by atoms with van der Waals surface area (Å²) in [4.78, 5) is 29.0. The van der Waals surface area contributed by atoms with Gasteiger partial charge in [0.25, 0.3) is 0 Å². The van der Waals surface area contributed by atoms with Crippen molar-refractivity contribution in [2.75, 3.05) is 59.2 Å². The lowest BCUT2D eigenvalue weighted by Gasteiger charge is -2.35. The molecule has 0 saturated heterocycles. The molecule has 0 aromatic carbocycles. The number of ether oxygens (including phenoxy) is 2. The van der Waals surface area contributed by atoms with Gasteiger partial charge in [0.15, 0.2) is 6.10 Å². The highest BCUT2D eigenvalue weighted by Crippen LogP contribution is 2.49. The topological polar surface area (TPSA) is 102 Å². The Morgan fingerprint density at radius 3 is 1.22 bits per heavy atom. The largest absolute Gasteiger partial charge is 1.00 e. The third-order valence-corrected chi connectivity index (χ3v) is 13.9. The summed E-state index contributed by atoms with van der Waals surface area (Å²) in [5, 5.41) is 0. The first-order valence-corrected chi connectivity index (χ1v) is 27.3. The normalized spacial score (nSPS) is 12.8. The zero-order chi connectivity index (χ0) is 45.0. The van der Waals surface area contributed by atoms with Crippen molar-refractivity contribution < 1.29 is 54.1 Å². The molecule has 0 bridgehead atoms. The maximum atomic E-state index is 13.7. The second-order valence-corrected chi connectivity index (χ2v) is 19.2. The van der Waals surface area contributed by atoms with Crippen LogP contribution in [0.15, 0.2) is 0 Å². The highest BCUT2D eigenvalue weighted by molar-refractivity contribution is 7.48. The van der Waals surface area contributed by atoms with Crippen LogP contribution in [0, 0.1) is 6.57 Å². The van der Waals surface area contributed by atoms with Crippen LogP contribution in [-0.4, -0.2) is 81.7 Å². The van der Waals surface area contributed by atoms with Crippen LogP contribution >= 0.6 is 7.82 Å². The predicted octanol–water partition coefficient (Wildman–Crippen LogP) is 12.6. The number of nitrogens with zero attached hydrogens (tertiary/aromatic N) is 2. The molecule has 376 valence electrons. The first-order chi connectivity index (χ1) is 29.7. The average Bonchev–Trinajstić information content (AvgIpc) is 3.26. The van der Waals surface area contributed by atoms with Crippen molar-refractivity contribution in [2.24, 2.45) is 0 Å². The van der Waals surface area contributed by atoms with Crippen molar-refractivity contribution >= 4 is 19.8 Å². The summed E-state index contributed by atoms with van der Waals surface area (Å²) in [6.45, 7) is 20.9. The van der Waals surface area contributed by atoms with E-state index in [1.165, 1.54) is 154 Å². The van der Waals surface area contributed by atoms with E-state index in [0.29, 0.717) is 13.0 Å². The molecule has 0 amide bonds. The number of phosphoric acid groups is 1. The Labute approximate surface area is 396 Å². The number of carbonyl (C=O) groups is 2. The molecule has 0 aromatic heterocycles. The van der Waals surface area contributed by atoms with Crippen LogP contribution in [-0.2, 0) is 37.2 Å². The van der Waals surface area contributed by atoms with Gasteiger partial charge in [0.05, 0.1) is 26.2 Å². The van der Waals surface area contributed by atoms with Gasteiger partial charge in [-0.1, -0.05) is 201 Å². The van der Waals surface area contributed by atoms with Crippen molar-refractivity contribution in [3.8, 4) is 0 Å². The van der Waals surface area contributed by atoms with E-state index < -0.39 is 19.9 Å². The SMILES string of the molecule is C.[C-]#[N+]CCOP(=O)(OCC[N+](CC)(CC)CC)OCC(COC(=O)CCCCCCCCCCCCCCCCC)OC(=O)CCCCCCCCCCCCCCCCC.[Cl-]. The molecule has 2 atom stereocenters. The molecule has 0 fully saturated rings. The Balaban J connectivity index is -0.0000180. The molecule has 10 nitrogen and oxygen atoms in total. The first-order valence-electron chi connectivity index (χ1n) is 25.8. The lowest BCUT2D eigenvalue weighted by atomic mass is 10.0. The van der Waals surface area contributed by atoms with Gasteiger partial charge in [0, 0.05) is 12.8 Å². The van der Waals surface area contributed by atoms with Gasteiger partial charge in [-0.15, -0.1) is 0 Å². The Bertz CT molecular complexity index is 1080. The Morgan fingerprint density at radius 1 is 0.508 bits per heavy atom. The lowest BCUT2D eigenvalue weighted by Crippen LogP contribution is -3.00. The lowest BCUT2D eigenvalue weighted by molar-refractivity contribution is -0.923. The Kier molecular flexibility index (Phi) is 51.1. The zero-order valence-electron chi connectivity index (χ0n) is 41.1. The molecular weight excluding hydrogens is 835 g/mol. The van der Waals surface area contributed by atoms with E-state index in [1.807, 2.05) is 0 Å². The van der Waals surface area contributed by atoms with Crippen LogP contribution < -0.4 is 12.4 Å². The molecule has 0 heterocycles. The van der Waals surface area contributed by atoms with Gasteiger partial charge in [-0.25, -0.2) is 11.1 Å². The van der Waals surface area contributed by atoms with Gasteiger partial charge in [0.1, 0.15) is 26.4 Å². The third-order valence-electron chi connectivity index (χ3n) is 12.4. The minimum Gasteiger partial charge on any atom is -1.00 e. The second kappa shape index (κ2) is 48.7. The number of phosphoric ester groups is 1. The molecule has 0 aliphatic heterocycles. The molecular formula is C51H102ClN2O8P. The second-order valence-electron chi connectivity index (χ2n) is 17.5. The van der Waals surface area contributed by atoms with Gasteiger partial charge in [-0.3, -0.25) is 23.2 Å². The molecule has 0 spiro atoms. The molecule has 0 aromatic rings. The summed E-state index contributed by atoms with van der Waals surface area (Å²) >= 11 is 0. The number of quaternary nitrogens is 1. The fourth-order valence-electron chi connectivity index (χ4n) is 7.88. The van der Waals surface area contributed by atoms with Crippen LogP contribution in [0.2, 0.25) is 0 Å². The van der Waals surface area contributed by atoms with Gasteiger partial charge in [-0.05, 0) is 33.6 Å². The van der Waals surface area contributed by atoms with E-state index in [0.717, 1.165) is 62.6 Å². The number of esters is 2. The molecule has 2 unspecified atom stereocenters. The van der Waals surface area contributed by atoms with Crippen LogP contribution in [0.3, 0.4) is 0 Å². The fourth-order valence-corrected chi connectivity index (χ4v) is 9.06. The molecule has 0 N–H and O–H groups in total. The van der Waals surface area contributed by atoms with E-state index in [4.69, 9.17) is 29.6 Å². The summed E-state index contributed by atoms with van der Waals surface area (Å²) in [6, 6.07) is 0. The summed E-state index contributed by atoms with van der Waals surface area (Å²) < 4.78 is 42.9. The molecule has 0 aliphatic rings. The van der Waals surface area contributed by atoms with Crippen LogP contribution in [0.25, 0.3) is 4.85 Å². The van der Waals surface area contributed by atoms with E-state index in [9.17, 15) is 14.2 Å². The van der Waals surface area contributed by atoms with Crippen molar-refractivity contribution in [2.45, 2.75) is 254 Å². The number of hydrogen-bond acceptors (Lipinski definition) is 8. The number of unbranched alkanes of at least 4 members (excludes halogenated alkanes) is 28. The highest BCUT2D eigenvalue weighted by atomic mass is 35.5. The number of hydrogen-bond donors (Lipinski definition) is 0. The van der Waals surface area contributed by atoms with Crippen LogP contribution in [0.5, 0.6) is 0 Å². The summed E-state index contributed by atoms with van der Waals surface area (Å²) in [5.74, 6) is -0.749. The van der Waals surface area contributed by atoms with Crippen LogP contribution in [0.4, 0.5) is 0 Å². The summed E-state index contributed by atoms with van der Waals surface area (Å²) in [7, 11) is -4.10. The Hall–Kier alpha value is -1.21. The average molecular weight is 938 g/mol. The summed E-state index contributed by atoms with van der Waals surface area (Å²) in [5.41, 5.74) is 0. The quantitative estimate of drug-likeness (QED) is 0.0195. The van der Waals surface area contributed by atoms with Gasteiger partial charge in [-0.2, -0.15) is 0 Å². The maximum absolute atomic E-state index is 13.7. The molecule has 0 rings (SSSR count). The molecule has 0 saturated carbocycles. The highest BCUT2D eigenvalue weighted by Gasteiger charge is 2.32. The monoisotopic (exact) mass is 937 g/mol. The minimum atomic E-state index is -4.10. The fraction of sp³-hybridized carbons (Fsp3) is 0.941. The summed E-state index contributed by atoms with van der Waals surface area (Å²) in [6.07, 6.45) is 37.1. The van der Waals surface area contributed by atoms with Gasteiger partial charge in [0.2, 0.25) is 6.54 Å². The maximum Gasteiger partial charge on any atom is 0.475 e. The number of rotatable bonds is 48. The van der Waals surface area contributed by atoms with Gasteiger partial charge >= 0.3 is 19.8 Å². The van der Waals surface area contributed by atoms with E-state index in [-0.39, 0.29) is 65.2 Å². The van der Waals surface area contributed by atoms with E-state index in [2.05, 4.69) is 39.5 Å². The number of carbonyl (C=O) groups excluding carboxylic acids is 2. The van der Waals surface area contributed by atoms with E-state index >= 15 is 0 Å². The van der Waals surface area contributed by atoms with Crippen molar-refractivity contribution in [1.29, 1.82) is 0 Å². The van der Waals surface area contributed by atoms with Crippen LogP contribution in [0.1, 0.15) is 248 Å². The van der Waals surface area contributed by atoms with Gasteiger partial charge < -0.3 is 31.2 Å². The number of halogens is 1. The molecule has 12 heteroatoms. The molecule has 0 radical (unpaired) electrons. The minimum absolute atomic E-state index is 0. The smallest absolute Gasteiger partial charge is 0.475 e. The Morgan fingerprint density at radius 2 is 0.857 bits per heavy atom. The van der Waals surface area contributed by atoms with Crippen molar-refractivity contribution in [3.63, 3.8) is 0 Å². The molecule has 63 heavy (non-hydrogen) atoms. The van der Waals surface area contributed by atoms with Crippen molar-refractivity contribution in [3.05, 3.63) is 11.4 Å². The standard InChI is InChI=1S/C50H98N2O8P.CH4.ClH/c1-7-12-14-16-18-20-22-24-26-28-30-32-34-36-38-40-49(53)56-46-48(47-59-61(55,57-44-42-51-6)58-45-43-52(9-3,10-4)11-5)60-50(54)41-39-37-35-33-31-29-27-25-23-21-19-17-15-13-8-2;;/h48H,7-47H2,1-5H3;1H4;1H/q+1;;/p-1. The third kappa shape index (κ3) is 41.9. The van der Waals surface area contributed by atoms with Crippen molar-refractivity contribution in [1.82, 2.24) is 0 Å². The zero-order valence-corrected chi connectivity index (χ0v) is 42.7.